The van der Waals surface area contributed by atoms with Crippen molar-refractivity contribution in [3.8, 4) is 22.9 Å². The second kappa shape index (κ2) is 9.21. The van der Waals surface area contributed by atoms with Crippen LogP contribution in [0, 0.1) is 5.82 Å². The lowest BCUT2D eigenvalue weighted by atomic mass is 10.1. The summed E-state index contributed by atoms with van der Waals surface area (Å²) in [4.78, 5) is 23.1. The van der Waals surface area contributed by atoms with E-state index in [-0.39, 0.29) is 18.3 Å². The third-order valence-electron chi connectivity index (χ3n) is 5.43. The number of rotatable bonds is 7. The Kier molecular flexibility index (Phi) is 6.20. The van der Waals surface area contributed by atoms with Crippen LogP contribution >= 0.6 is 0 Å². The van der Waals surface area contributed by atoms with Gasteiger partial charge < -0.3 is 19.7 Å². The van der Waals surface area contributed by atoms with E-state index in [1.54, 1.807) is 19.2 Å². The summed E-state index contributed by atoms with van der Waals surface area (Å²) < 4.78 is 24.9. The highest BCUT2D eigenvalue weighted by Gasteiger charge is 2.27. The number of aromatic nitrogens is 2. The molecule has 0 saturated carbocycles. The van der Waals surface area contributed by atoms with Gasteiger partial charge in [-0.2, -0.15) is 0 Å². The molecule has 0 unspecified atom stereocenters. The zero-order chi connectivity index (χ0) is 22.7. The Morgan fingerprint density at radius 1 is 1.22 bits per heavy atom. The normalized spacial score (nSPS) is 12.4. The first-order valence-corrected chi connectivity index (χ1v) is 10.5. The van der Waals surface area contributed by atoms with Crippen LogP contribution in [-0.4, -0.2) is 43.2 Å². The second-order valence-corrected chi connectivity index (χ2v) is 7.36. The lowest BCUT2D eigenvalue weighted by molar-refractivity contribution is -0.122. The summed E-state index contributed by atoms with van der Waals surface area (Å²) in [5.41, 5.74) is 3.55. The van der Waals surface area contributed by atoms with Gasteiger partial charge in [-0.15, -0.1) is 0 Å². The molecule has 0 spiro atoms. The Morgan fingerprint density at radius 3 is 2.78 bits per heavy atom. The molecule has 0 atom stereocenters. The lowest BCUT2D eigenvalue weighted by Crippen LogP contribution is -2.24. The molecule has 0 aliphatic carbocycles. The number of aryl methyl sites for hydroxylation is 1. The number of halogens is 1. The van der Waals surface area contributed by atoms with E-state index in [0.29, 0.717) is 17.1 Å². The standard InChI is InChI=1S/C24H25FN4O3/c1-4-20-18-10-11-29(16-6-5-7-17(13-16)32-14-22(30)26-2)24(18)28-23(27-20)15-8-9-21(31-3)19(25)12-15/h5-9,12-13H,4,10-11,14H2,1-3H3,(H,26,30). The number of ether oxygens (including phenoxy) is 2. The summed E-state index contributed by atoms with van der Waals surface area (Å²) in [5, 5.41) is 2.54. The van der Waals surface area contributed by atoms with E-state index in [2.05, 4.69) is 17.1 Å². The van der Waals surface area contributed by atoms with Gasteiger partial charge in [0.05, 0.1) is 7.11 Å². The van der Waals surface area contributed by atoms with Gasteiger partial charge in [0.25, 0.3) is 5.91 Å². The first-order valence-electron chi connectivity index (χ1n) is 10.5. The monoisotopic (exact) mass is 436 g/mol. The fourth-order valence-corrected chi connectivity index (χ4v) is 3.77. The van der Waals surface area contributed by atoms with Crippen molar-refractivity contribution in [3.63, 3.8) is 0 Å². The molecule has 166 valence electrons. The SMILES string of the molecule is CCc1nc(-c2ccc(OC)c(F)c2)nc2c1CCN2c1cccc(OCC(=O)NC)c1. The summed E-state index contributed by atoms with van der Waals surface area (Å²) in [6.45, 7) is 2.75. The van der Waals surface area contributed by atoms with Crippen molar-refractivity contribution >= 4 is 17.4 Å². The molecule has 7 nitrogen and oxygen atoms in total. The van der Waals surface area contributed by atoms with E-state index in [9.17, 15) is 9.18 Å². The predicted molar refractivity (Wildman–Crippen MR) is 120 cm³/mol. The van der Waals surface area contributed by atoms with Crippen LogP contribution in [0.2, 0.25) is 0 Å². The fourth-order valence-electron chi connectivity index (χ4n) is 3.77. The molecule has 32 heavy (non-hydrogen) atoms. The number of benzene rings is 2. The van der Waals surface area contributed by atoms with E-state index in [1.807, 2.05) is 24.3 Å². The van der Waals surface area contributed by atoms with Gasteiger partial charge in [0.1, 0.15) is 11.6 Å². The van der Waals surface area contributed by atoms with Gasteiger partial charge in [-0.3, -0.25) is 4.79 Å². The molecule has 2 aromatic carbocycles. The number of hydrogen-bond acceptors (Lipinski definition) is 6. The van der Waals surface area contributed by atoms with Crippen molar-refractivity contribution in [2.45, 2.75) is 19.8 Å². The van der Waals surface area contributed by atoms with Crippen molar-refractivity contribution in [3.05, 3.63) is 59.5 Å². The number of carbonyl (C=O) groups excluding carboxylic acids is 1. The molecule has 0 radical (unpaired) electrons. The fraction of sp³-hybridized carbons (Fsp3) is 0.292. The molecule has 2 heterocycles. The van der Waals surface area contributed by atoms with Gasteiger partial charge in [0.15, 0.2) is 24.0 Å². The summed E-state index contributed by atoms with van der Waals surface area (Å²) in [6, 6.07) is 12.3. The Bertz CT molecular complexity index is 1150. The Morgan fingerprint density at radius 2 is 2.06 bits per heavy atom. The highest BCUT2D eigenvalue weighted by Crippen LogP contribution is 2.37. The van der Waals surface area contributed by atoms with E-state index < -0.39 is 5.82 Å². The van der Waals surface area contributed by atoms with Gasteiger partial charge in [0.2, 0.25) is 0 Å². The topological polar surface area (TPSA) is 76.6 Å². The quantitative estimate of drug-likeness (QED) is 0.609. The Balaban J connectivity index is 1.70. The van der Waals surface area contributed by atoms with E-state index in [1.165, 1.54) is 13.2 Å². The van der Waals surface area contributed by atoms with Crippen LogP contribution < -0.4 is 19.7 Å². The lowest BCUT2D eigenvalue weighted by Gasteiger charge is -2.20. The van der Waals surface area contributed by atoms with Gasteiger partial charge in [-0.05, 0) is 43.2 Å². The number of nitrogens with zero attached hydrogens (tertiary/aromatic N) is 3. The van der Waals surface area contributed by atoms with Gasteiger partial charge >= 0.3 is 0 Å². The molecule has 0 saturated heterocycles. The molecule has 8 heteroatoms. The van der Waals surface area contributed by atoms with Crippen molar-refractivity contribution in [2.24, 2.45) is 0 Å². The molecular weight excluding hydrogens is 411 g/mol. The summed E-state index contributed by atoms with van der Waals surface area (Å²) in [7, 11) is 3.00. The molecule has 1 aliphatic rings. The summed E-state index contributed by atoms with van der Waals surface area (Å²) in [6.07, 6.45) is 1.57. The molecular formula is C24H25FN4O3. The summed E-state index contributed by atoms with van der Waals surface area (Å²) in [5.74, 6) is 1.42. The van der Waals surface area contributed by atoms with Gasteiger partial charge in [-0.25, -0.2) is 14.4 Å². The number of fused-ring (bicyclic) bond motifs is 1. The molecule has 0 fully saturated rings. The molecule has 0 bridgehead atoms. The summed E-state index contributed by atoms with van der Waals surface area (Å²) >= 11 is 0. The van der Waals surface area contributed by atoms with Crippen molar-refractivity contribution in [1.29, 1.82) is 0 Å². The van der Waals surface area contributed by atoms with E-state index in [0.717, 1.165) is 42.1 Å². The molecule has 3 aromatic rings. The molecule has 1 aromatic heterocycles. The van der Waals surface area contributed by atoms with E-state index >= 15 is 0 Å². The second-order valence-electron chi connectivity index (χ2n) is 7.36. The van der Waals surface area contributed by atoms with Crippen molar-refractivity contribution in [2.75, 3.05) is 32.2 Å². The van der Waals surface area contributed by atoms with E-state index in [4.69, 9.17) is 19.4 Å². The number of likely N-dealkylation sites (N-methyl/N-ethyl adjacent to an activating group) is 1. The number of amides is 1. The van der Waals surface area contributed by atoms with Crippen LogP contribution in [0.25, 0.3) is 11.4 Å². The van der Waals surface area contributed by atoms with Crippen molar-refractivity contribution in [1.82, 2.24) is 15.3 Å². The minimum absolute atomic E-state index is 0.0497. The zero-order valence-electron chi connectivity index (χ0n) is 18.3. The average molecular weight is 436 g/mol. The predicted octanol–water partition coefficient (Wildman–Crippen LogP) is 3.67. The average Bonchev–Trinajstić information content (AvgIpc) is 3.26. The number of anilines is 2. The molecule has 1 amide bonds. The van der Waals surface area contributed by atoms with Crippen LogP contribution in [-0.2, 0) is 17.6 Å². The first-order chi connectivity index (χ1) is 15.5. The highest BCUT2D eigenvalue weighted by atomic mass is 19.1. The van der Waals surface area contributed by atoms with Crippen LogP contribution in [0.5, 0.6) is 11.5 Å². The minimum atomic E-state index is -0.454. The number of methoxy groups -OCH3 is 1. The highest BCUT2D eigenvalue weighted by molar-refractivity contribution is 5.77. The maximum Gasteiger partial charge on any atom is 0.257 e. The third-order valence-corrected chi connectivity index (χ3v) is 5.43. The largest absolute Gasteiger partial charge is 0.494 e. The number of carbonyl (C=O) groups is 1. The third kappa shape index (κ3) is 4.21. The molecule has 4 rings (SSSR count). The zero-order valence-corrected chi connectivity index (χ0v) is 18.3. The molecule has 1 N–H and O–H groups in total. The van der Waals surface area contributed by atoms with Crippen LogP contribution in [0.3, 0.4) is 0 Å². The Labute approximate surface area is 186 Å². The Hall–Kier alpha value is -3.68. The van der Waals surface area contributed by atoms with Gasteiger partial charge in [-0.1, -0.05) is 13.0 Å². The maximum atomic E-state index is 14.3. The van der Waals surface area contributed by atoms with Crippen LogP contribution in [0.15, 0.2) is 42.5 Å². The van der Waals surface area contributed by atoms with Crippen LogP contribution in [0.4, 0.5) is 15.9 Å². The van der Waals surface area contributed by atoms with Crippen LogP contribution in [0.1, 0.15) is 18.2 Å². The number of nitrogens with one attached hydrogen (secondary N) is 1. The van der Waals surface area contributed by atoms with Crippen molar-refractivity contribution < 1.29 is 18.7 Å². The maximum absolute atomic E-state index is 14.3. The smallest absolute Gasteiger partial charge is 0.257 e. The first kappa shape index (κ1) is 21.5. The number of hydrogen-bond donors (Lipinski definition) is 1. The minimum Gasteiger partial charge on any atom is -0.494 e. The molecule has 1 aliphatic heterocycles. The van der Waals surface area contributed by atoms with Gasteiger partial charge in [0, 0.05) is 42.2 Å².